The third-order valence-electron chi connectivity index (χ3n) is 5.24. The fourth-order valence-electron chi connectivity index (χ4n) is 3.51. The number of oxazole rings is 1. The lowest BCUT2D eigenvalue weighted by Crippen LogP contribution is -2.46. The monoisotopic (exact) mass is 422 g/mol. The SMILES string of the molecule is CCOC(=O)c1ccc(N2CCN(Cc3ncc(-c4ccc(OC)cc4)o3)CC2)nc1. The van der Waals surface area contributed by atoms with Crippen LogP contribution in [0.4, 0.5) is 5.82 Å². The number of carbonyl (C=O) groups excluding carboxylic acids is 1. The van der Waals surface area contributed by atoms with Crippen molar-refractivity contribution in [1.29, 1.82) is 0 Å². The maximum Gasteiger partial charge on any atom is 0.339 e. The fourth-order valence-corrected chi connectivity index (χ4v) is 3.51. The van der Waals surface area contributed by atoms with Crippen LogP contribution >= 0.6 is 0 Å². The minimum absolute atomic E-state index is 0.341. The number of hydrogen-bond donors (Lipinski definition) is 0. The van der Waals surface area contributed by atoms with Crippen molar-refractivity contribution >= 4 is 11.8 Å². The number of piperazine rings is 1. The summed E-state index contributed by atoms with van der Waals surface area (Å²) in [5.74, 6) is 2.79. The quantitative estimate of drug-likeness (QED) is 0.537. The van der Waals surface area contributed by atoms with Gasteiger partial charge < -0.3 is 18.8 Å². The van der Waals surface area contributed by atoms with Crippen LogP contribution in [0.1, 0.15) is 23.2 Å². The molecule has 3 aromatic rings. The van der Waals surface area contributed by atoms with E-state index >= 15 is 0 Å². The topological polar surface area (TPSA) is 80.9 Å². The second-order valence-electron chi connectivity index (χ2n) is 7.24. The molecule has 1 aromatic carbocycles. The van der Waals surface area contributed by atoms with Crippen LogP contribution < -0.4 is 9.64 Å². The molecule has 162 valence electrons. The van der Waals surface area contributed by atoms with Crippen molar-refractivity contribution in [3.63, 3.8) is 0 Å². The molecule has 8 heteroatoms. The highest BCUT2D eigenvalue weighted by Crippen LogP contribution is 2.24. The lowest BCUT2D eigenvalue weighted by molar-refractivity contribution is 0.0526. The van der Waals surface area contributed by atoms with Crippen molar-refractivity contribution in [3.05, 3.63) is 60.2 Å². The molecule has 2 aromatic heterocycles. The average Bonchev–Trinajstić information content (AvgIpc) is 3.28. The molecule has 0 atom stereocenters. The van der Waals surface area contributed by atoms with Gasteiger partial charge in [-0.05, 0) is 43.3 Å². The molecular formula is C23H26N4O4. The van der Waals surface area contributed by atoms with Crippen LogP contribution in [-0.4, -0.2) is 60.7 Å². The van der Waals surface area contributed by atoms with Crippen LogP contribution in [-0.2, 0) is 11.3 Å². The number of esters is 1. The molecule has 1 aliphatic rings. The van der Waals surface area contributed by atoms with Gasteiger partial charge in [0, 0.05) is 37.9 Å². The Morgan fingerprint density at radius 3 is 2.45 bits per heavy atom. The van der Waals surface area contributed by atoms with E-state index in [0.717, 1.165) is 49.1 Å². The van der Waals surface area contributed by atoms with Gasteiger partial charge in [0.25, 0.3) is 0 Å². The number of anilines is 1. The van der Waals surface area contributed by atoms with Gasteiger partial charge in [-0.15, -0.1) is 0 Å². The van der Waals surface area contributed by atoms with Crippen molar-refractivity contribution < 1.29 is 18.7 Å². The van der Waals surface area contributed by atoms with Gasteiger partial charge in [0.1, 0.15) is 11.6 Å². The van der Waals surface area contributed by atoms with Gasteiger partial charge in [0.05, 0.1) is 32.0 Å². The largest absolute Gasteiger partial charge is 0.497 e. The number of pyridine rings is 1. The van der Waals surface area contributed by atoms with Crippen LogP contribution in [0.25, 0.3) is 11.3 Å². The smallest absolute Gasteiger partial charge is 0.339 e. The molecule has 3 heterocycles. The van der Waals surface area contributed by atoms with Crippen LogP contribution in [0, 0.1) is 0 Å². The van der Waals surface area contributed by atoms with E-state index in [-0.39, 0.29) is 5.97 Å². The zero-order chi connectivity index (χ0) is 21.6. The minimum Gasteiger partial charge on any atom is -0.497 e. The number of methoxy groups -OCH3 is 1. The Balaban J connectivity index is 1.30. The summed E-state index contributed by atoms with van der Waals surface area (Å²) in [4.78, 5) is 25.2. The molecule has 1 saturated heterocycles. The van der Waals surface area contributed by atoms with Crippen molar-refractivity contribution in [1.82, 2.24) is 14.9 Å². The normalized spacial score (nSPS) is 14.5. The Labute approximate surface area is 181 Å². The van der Waals surface area contributed by atoms with Crippen LogP contribution in [0.2, 0.25) is 0 Å². The predicted octanol–water partition coefficient (Wildman–Crippen LogP) is 3.24. The van der Waals surface area contributed by atoms with Gasteiger partial charge in [-0.1, -0.05) is 0 Å². The maximum atomic E-state index is 11.8. The van der Waals surface area contributed by atoms with Gasteiger partial charge in [-0.2, -0.15) is 0 Å². The molecule has 0 radical (unpaired) electrons. The third-order valence-corrected chi connectivity index (χ3v) is 5.24. The predicted molar refractivity (Wildman–Crippen MR) is 116 cm³/mol. The van der Waals surface area contributed by atoms with Crippen LogP contribution in [0.3, 0.4) is 0 Å². The van der Waals surface area contributed by atoms with E-state index in [1.807, 2.05) is 30.3 Å². The molecular weight excluding hydrogens is 396 g/mol. The van der Waals surface area contributed by atoms with E-state index in [2.05, 4.69) is 19.8 Å². The first-order valence-electron chi connectivity index (χ1n) is 10.4. The molecule has 0 bridgehead atoms. The van der Waals surface area contributed by atoms with E-state index in [9.17, 15) is 4.79 Å². The molecule has 0 N–H and O–H groups in total. The highest BCUT2D eigenvalue weighted by atomic mass is 16.5. The lowest BCUT2D eigenvalue weighted by atomic mass is 10.2. The molecule has 8 nitrogen and oxygen atoms in total. The van der Waals surface area contributed by atoms with Gasteiger partial charge in [0.15, 0.2) is 5.76 Å². The third kappa shape index (κ3) is 5.03. The molecule has 0 saturated carbocycles. The van der Waals surface area contributed by atoms with Gasteiger partial charge in [-0.25, -0.2) is 14.8 Å². The fraction of sp³-hybridized carbons (Fsp3) is 0.348. The molecule has 1 aliphatic heterocycles. The molecule has 31 heavy (non-hydrogen) atoms. The van der Waals surface area contributed by atoms with Crippen molar-refractivity contribution in [2.45, 2.75) is 13.5 Å². The standard InChI is InChI=1S/C23H26N4O4/c1-3-30-23(28)18-6-9-21(24-14-18)27-12-10-26(11-13-27)16-22-25-15-20(31-22)17-4-7-19(29-2)8-5-17/h4-9,14-15H,3,10-13,16H2,1-2H3. The summed E-state index contributed by atoms with van der Waals surface area (Å²) in [6, 6.07) is 11.4. The van der Waals surface area contributed by atoms with E-state index < -0.39 is 0 Å². The van der Waals surface area contributed by atoms with Crippen molar-refractivity contribution in [2.24, 2.45) is 0 Å². The molecule has 0 aliphatic carbocycles. The molecule has 0 spiro atoms. The number of rotatable bonds is 7. The molecule has 0 unspecified atom stereocenters. The Morgan fingerprint density at radius 2 is 1.81 bits per heavy atom. The molecule has 4 rings (SSSR count). The van der Waals surface area contributed by atoms with Crippen molar-refractivity contribution in [2.75, 3.05) is 44.8 Å². The highest BCUT2D eigenvalue weighted by molar-refractivity contribution is 5.89. The van der Waals surface area contributed by atoms with Gasteiger partial charge in [0.2, 0.25) is 5.89 Å². The average molecular weight is 422 g/mol. The summed E-state index contributed by atoms with van der Waals surface area (Å²) in [5, 5.41) is 0. The van der Waals surface area contributed by atoms with E-state index in [1.165, 1.54) is 0 Å². The van der Waals surface area contributed by atoms with E-state index in [0.29, 0.717) is 24.6 Å². The van der Waals surface area contributed by atoms with Gasteiger partial charge >= 0.3 is 5.97 Å². The maximum absolute atomic E-state index is 11.8. The summed E-state index contributed by atoms with van der Waals surface area (Å²) >= 11 is 0. The van der Waals surface area contributed by atoms with Crippen molar-refractivity contribution in [3.8, 4) is 17.1 Å². The second-order valence-corrected chi connectivity index (χ2v) is 7.24. The first kappa shape index (κ1) is 20.9. The van der Waals surface area contributed by atoms with E-state index in [4.69, 9.17) is 13.9 Å². The minimum atomic E-state index is -0.341. The number of carbonyl (C=O) groups is 1. The summed E-state index contributed by atoms with van der Waals surface area (Å²) in [6.07, 6.45) is 3.34. The summed E-state index contributed by atoms with van der Waals surface area (Å²) in [7, 11) is 1.65. The number of ether oxygens (including phenoxy) is 2. The molecule has 1 fully saturated rings. The summed E-state index contributed by atoms with van der Waals surface area (Å²) in [6.45, 7) is 6.25. The van der Waals surface area contributed by atoms with Crippen LogP contribution in [0.5, 0.6) is 5.75 Å². The van der Waals surface area contributed by atoms with E-state index in [1.54, 1.807) is 32.5 Å². The first-order chi connectivity index (χ1) is 15.2. The summed E-state index contributed by atoms with van der Waals surface area (Å²) in [5.41, 5.74) is 1.45. The summed E-state index contributed by atoms with van der Waals surface area (Å²) < 4.78 is 16.1. The molecule has 0 amide bonds. The number of hydrogen-bond acceptors (Lipinski definition) is 8. The zero-order valence-electron chi connectivity index (χ0n) is 17.8. The number of benzene rings is 1. The number of nitrogens with zero attached hydrogens (tertiary/aromatic N) is 4. The Hall–Kier alpha value is -3.39. The Morgan fingerprint density at radius 1 is 1.03 bits per heavy atom. The highest BCUT2D eigenvalue weighted by Gasteiger charge is 2.20. The lowest BCUT2D eigenvalue weighted by Gasteiger charge is -2.34. The second kappa shape index (κ2) is 9.61. The first-order valence-corrected chi connectivity index (χ1v) is 10.4. The Bertz CT molecular complexity index is 993. The number of aromatic nitrogens is 2. The Kier molecular flexibility index (Phi) is 6.47. The zero-order valence-corrected chi connectivity index (χ0v) is 17.8. The van der Waals surface area contributed by atoms with Crippen LogP contribution in [0.15, 0.2) is 53.2 Å². The van der Waals surface area contributed by atoms with Gasteiger partial charge in [-0.3, -0.25) is 4.90 Å².